The van der Waals surface area contributed by atoms with E-state index in [1.165, 1.54) is 0 Å². The molecule has 0 aliphatic carbocycles. The normalized spacial score (nSPS) is 12.8. The van der Waals surface area contributed by atoms with E-state index in [4.69, 9.17) is 0 Å². The molecule has 0 saturated carbocycles. The van der Waals surface area contributed by atoms with Gasteiger partial charge in [0, 0.05) is 0 Å². The number of hydrogen-bond donors (Lipinski definition) is 0. The van der Waals surface area contributed by atoms with E-state index >= 15 is 0 Å². The Bertz CT molecular complexity index is 212. The van der Waals surface area contributed by atoms with Crippen LogP contribution >= 0.6 is 0 Å². The minimum absolute atomic E-state index is 0.258. The van der Waals surface area contributed by atoms with E-state index < -0.39 is 8.07 Å². The van der Waals surface area contributed by atoms with Crippen LogP contribution in [0.4, 0.5) is 0 Å². The molecule has 0 fully saturated rings. The Morgan fingerprint density at radius 1 is 1.08 bits per heavy atom. The molecule has 0 aromatic rings. The van der Waals surface area contributed by atoms with Crippen molar-refractivity contribution in [1.82, 2.24) is 0 Å². The Hall–Kier alpha value is -0.483. The van der Waals surface area contributed by atoms with E-state index in [1.807, 2.05) is 6.08 Å². The molecule has 0 aromatic carbocycles. The van der Waals surface area contributed by atoms with Crippen LogP contribution in [0, 0.1) is 16.9 Å². The molecule has 0 bridgehead atoms. The number of allylic oxidation sites excluding steroid dienone is 2. The largest absolute Gasteiger partial charge is 0.129 e. The summed E-state index contributed by atoms with van der Waals surface area (Å²) in [5, 5.41) is 0. The van der Waals surface area contributed by atoms with Gasteiger partial charge in [0.2, 0.25) is 0 Å². The summed E-state index contributed by atoms with van der Waals surface area (Å²) in [5.74, 6) is 3.11. The van der Waals surface area contributed by atoms with Crippen LogP contribution in [0.2, 0.25) is 19.6 Å². The second-order valence-electron chi connectivity index (χ2n) is 5.22. The van der Waals surface area contributed by atoms with Gasteiger partial charge in [-0.25, -0.2) is 0 Å². The average Bonchev–Trinajstić information content (AvgIpc) is 1.76. The Balaban J connectivity index is 4.13. The van der Waals surface area contributed by atoms with Crippen molar-refractivity contribution in [1.29, 1.82) is 0 Å². The first-order valence-electron chi connectivity index (χ1n) is 4.41. The third-order valence-corrected chi connectivity index (χ3v) is 2.01. The van der Waals surface area contributed by atoms with Crippen molar-refractivity contribution in [3.8, 4) is 11.5 Å². The average molecular weight is 180 g/mol. The number of rotatable bonds is 0. The highest BCUT2D eigenvalue weighted by Crippen LogP contribution is 2.13. The Kier molecular flexibility index (Phi) is 3.80. The third kappa shape index (κ3) is 9.52. The highest BCUT2D eigenvalue weighted by molar-refractivity contribution is 6.83. The molecule has 1 heteroatoms. The van der Waals surface area contributed by atoms with Crippen LogP contribution in [-0.4, -0.2) is 8.07 Å². The van der Waals surface area contributed by atoms with Crippen molar-refractivity contribution in [2.24, 2.45) is 5.41 Å². The molecule has 0 unspecified atom stereocenters. The Labute approximate surface area is 78.1 Å². The highest BCUT2D eigenvalue weighted by Gasteiger charge is 2.07. The van der Waals surface area contributed by atoms with Crippen molar-refractivity contribution in [3.63, 3.8) is 0 Å². The van der Waals surface area contributed by atoms with Gasteiger partial charge in [-0.1, -0.05) is 52.4 Å². The van der Waals surface area contributed by atoms with E-state index in [-0.39, 0.29) is 5.41 Å². The van der Waals surface area contributed by atoms with Crippen molar-refractivity contribution in [3.05, 3.63) is 12.2 Å². The van der Waals surface area contributed by atoms with Gasteiger partial charge >= 0.3 is 0 Å². The first-order chi connectivity index (χ1) is 5.21. The van der Waals surface area contributed by atoms with E-state index in [1.54, 1.807) is 0 Å². The molecule has 68 valence electrons. The topological polar surface area (TPSA) is 0 Å². The minimum atomic E-state index is -1.17. The van der Waals surface area contributed by atoms with E-state index in [2.05, 4.69) is 58.0 Å². The zero-order valence-corrected chi connectivity index (χ0v) is 10.2. The summed E-state index contributed by atoms with van der Waals surface area (Å²) in [7, 11) is -1.17. The van der Waals surface area contributed by atoms with Gasteiger partial charge < -0.3 is 0 Å². The lowest BCUT2D eigenvalue weighted by atomic mass is 9.96. The van der Waals surface area contributed by atoms with Gasteiger partial charge in [-0.3, -0.25) is 0 Å². The zero-order valence-electron chi connectivity index (χ0n) is 9.15. The lowest BCUT2D eigenvalue weighted by Crippen LogP contribution is -2.16. The SMILES string of the molecule is CC(C)(C)/C=C/C#C[Si](C)(C)C. The summed E-state index contributed by atoms with van der Waals surface area (Å²) in [6.45, 7) is 13.3. The lowest BCUT2D eigenvalue weighted by molar-refractivity contribution is 0.544. The smallest absolute Gasteiger partial charge is 0.127 e. The molecule has 12 heavy (non-hydrogen) atoms. The van der Waals surface area contributed by atoms with Crippen LogP contribution in [0.5, 0.6) is 0 Å². The van der Waals surface area contributed by atoms with Crippen LogP contribution in [-0.2, 0) is 0 Å². The fourth-order valence-electron chi connectivity index (χ4n) is 0.550. The first-order valence-corrected chi connectivity index (χ1v) is 7.91. The molecule has 0 aliphatic rings. The quantitative estimate of drug-likeness (QED) is 0.395. The second kappa shape index (κ2) is 3.96. The van der Waals surface area contributed by atoms with Gasteiger partial charge in [-0.2, -0.15) is 0 Å². The van der Waals surface area contributed by atoms with Gasteiger partial charge in [0.1, 0.15) is 8.07 Å². The first kappa shape index (κ1) is 11.5. The lowest BCUT2D eigenvalue weighted by Gasteiger charge is -2.09. The summed E-state index contributed by atoms with van der Waals surface area (Å²) in [6, 6.07) is 0. The monoisotopic (exact) mass is 180 g/mol. The van der Waals surface area contributed by atoms with Gasteiger partial charge in [-0.05, 0) is 11.5 Å². The maximum atomic E-state index is 3.30. The molecule has 0 atom stereocenters. The molecule has 0 aliphatic heterocycles. The number of hydrogen-bond acceptors (Lipinski definition) is 0. The molecule has 0 saturated heterocycles. The summed E-state index contributed by atoms with van der Waals surface area (Å²) < 4.78 is 0. The Morgan fingerprint density at radius 2 is 1.58 bits per heavy atom. The highest BCUT2D eigenvalue weighted by atomic mass is 28.3. The van der Waals surface area contributed by atoms with Gasteiger partial charge in [0.25, 0.3) is 0 Å². The molecule has 0 N–H and O–H groups in total. The molecule has 0 nitrogen and oxygen atoms in total. The fraction of sp³-hybridized carbons (Fsp3) is 0.636. The van der Waals surface area contributed by atoms with E-state index in [0.29, 0.717) is 0 Å². The van der Waals surface area contributed by atoms with Gasteiger partial charge in [-0.15, -0.1) is 5.54 Å². The predicted molar refractivity (Wildman–Crippen MR) is 59.7 cm³/mol. The maximum absolute atomic E-state index is 3.30. The van der Waals surface area contributed by atoms with Crippen molar-refractivity contribution in [2.75, 3.05) is 0 Å². The molecule has 0 amide bonds. The van der Waals surface area contributed by atoms with Crippen LogP contribution in [0.1, 0.15) is 20.8 Å². The maximum Gasteiger partial charge on any atom is 0.129 e. The summed E-state index contributed by atoms with van der Waals surface area (Å²) in [6.07, 6.45) is 4.14. The van der Waals surface area contributed by atoms with Crippen molar-refractivity contribution in [2.45, 2.75) is 40.4 Å². The van der Waals surface area contributed by atoms with Crippen LogP contribution in [0.3, 0.4) is 0 Å². The van der Waals surface area contributed by atoms with Gasteiger partial charge in [0.15, 0.2) is 0 Å². The summed E-state index contributed by atoms with van der Waals surface area (Å²) in [5.41, 5.74) is 3.55. The summed E-state index contributed by atoms with van der Waals surface area (Å²) >= 11 is 0. The zero-order chi connectivity index (χ0) is 9.83. The second-order valence-corrected chi connectivity index (χ2v) is 9.97. The van der Waals surface area contributed by atoms with Crippen LogP contribution in [0.15, 0.2) is 12.2 Å². The molecule has 0 heterocycles. The minimum Gasteiger partial charge on any atom is -0.127 e. The van der Waals surface area contributed by atoms with Gasteiger partial charge in [0.05, 0.1) is 0 Å². The molecule has 0 spiro atoms. The molecule has 0 aromatic heterocycles. The summed E-state index contributed by atoms with van der Waals surface area (Å²) in [4.78, 5) is 0. The molecule has 0 rings (SSSR count). The van der Waals surface area contributed by atoms with E-state index in [0.717, 1.165) is 0 Å². The molecular weight excluding hydrogens is 160 g/mol. The third-order valence-electron chi connectivity index (χ3n) is 1.11. The van der Waals surface area contributed by atoms with Crippen LogP contribution in [0.25, 0.3) is 0 Å². The Morgan fingerprint density at radius 3 is 1.92 bits per heavy atom. The van der Waals surface area contributed by atoms with Crippen molar-refractivity contribution >= 4 is 8.07 Å². The fourth-order valence-corrected chi connectivity index (χ4v) is 1.07. The van der Waals surface area contributed by atoms with Crippen molar-refractivity contribution < 1.29 is 0 Å². The molecular formula is C11H20Si. The van der Waals surface area contributed by atoms with E-state index in [9.17, 15) is 0 Å². The molecule has 0 radical (unpaired) electrons. The standard InChI is InChI=1S/C11H20Si/c1-11(2,3)9-7-8-10-12(4,5)6/h7,9H,1-6H3/b9-7+. The predicted octanol–water partition coefficient (Wildman–Crippen LogP) is 3.47. The van der Waals surface area contributed by atoms with Crippen LogP contribution < -0.4 is 0 Å².